The largest absolute Gasteiger partial charge is 0.481 e. The lowest BCUT2D eigenvalue weighted by Crippen LogP contribution is -2.26. The number of aryl methyl sites for hydroxylation is 1. The van der Waals surface area contributed by atoms with Crippen molar-refractivity contribution in [3.05, 3.63) is 21.9 Å². The van der Waals surface area contributed by atoms with Crippen LogP contribution in [-0.4, -0.2) is 17.0 Å². The fourth-order valence-corrected chi connectivity index (χ4v) is 3.62. The van der Waals surface area contributed by atoms with Crippen LogP contribution in [0.2, 0.25) is 0 Å². The molecule has 0 saturated heterocycles. The van der Waals surface area contributed by atoms with Crippen LogP contribution < -0.4 is 5.32 Å². The Labute approximate surface area is 116 Å². The average molecular weight is 281 g/mol. The minimum atomic E-state index is -0.879. The van der Waals surface area contributed by atoms with Gasteiger partial charge in [0.1, 0.15) is 0 Å². The van der Waals surface area contributed by atoms with Gasteiger partial charge >= 0.3 is 5.97 Å². The summed E-state index contributed by atoms with van der Waals surface area (Å²) in [5.41, 5.74) is 0.814. The van der Waals surface area contributed by atoms with Crippen LogP contribution in [0.1, 0.15) is 31.2 Å². The molecule has 19 heavy (non-hydrogen) atoms. The molecule has 2 N–H and O–H groups in total. The fraction of sp³-hybridized carbons (Fsp3) is 0.571. The number of carbonyl (C=O) groups is 2. The molecule has 0 aromatic carbocycles. The van der Waals surface area contributed by atoms with Crippen LogP contribution in [0.15, 0.2) is 11.4 Å². The smallest absolute Gasteiger partial charge is 0.307 e. The van der Waals surface area contributed by atoms with Gasteiger partial charge in [-0.15, -0.1) is 11.3 Å². The summed E-state index contributed by atoms with van der Waals surface area (Å²) in [6.45, 7) is 6.24. The van der Waals surface area contributed by atoms with Crippen LogP contribution in [0.4, 0.5) is 0 Å². The highest BCUT2D eigenvalue weighted by Crippen LogP contribution is 2.58. The zero-order valence-electron chi connectivity index (χ0n) is 11.4. The van der Waals surface area contributed by atoms with Gasteiger partial charge in [-0.1, -0.05) is 20.8 Å². The quantitative estimate of drug-likeness (QED) is 0.870. The highest BCUT2D eigenvalue weighted by molar-refractivity contribution is 7.10. The van der Waals surface area contributed by atoms with E-state index in [1.165, 1.54) is 5.56 Å². The van der Waals surface area contributed by atoms with Gasteiger partial charge in [0.25, 0.3) is 0 Å². The van der Waals surface area contributed by atoms with Crippen LogP contribution in [0.3, 0.4) is 0 Å². The van der Waals surface area contributed by atoms with Crippen molar-refractivity contribution in [3.63, 3.8) is 0 Å². The Morgan fingerprint density at radius 1 is 1.42 bits per heavy atom. The summed E-state index contributed by atoms with van der Waals surface area (Å²) in [6.07, 6.45) is 0.946. The number of hydrogen-bond donors (Lipinski definition) is 2. The van der Waals surface area contributed by atoms with Gasteiger partial charge in [0, 0.05) is 4.88 Å². The van der Waals surface area contributed by atoms with Crippen LogP contribution in [-0.2, 0) is 22.6 Å². The lowest BCUT2D eigenvalue weighted by atomic mass is 10.1. The van der Waals surface area contributed by atoms with E-state index in [9.17, 15) is 9.59 Å². The molecule has 1 aliphatic carbocycles. The molecule has 1 amide bonds. The average Bonchev–Trinajstić information content (AvgIpc) is 2.72. The van der Waals surface area contributed by atoms with Crippen LogP contribution in [0.5, 0.6) is 0 Å². The van der Waals surface area contributed by atoms with E-state index in [-0.39, 0.29) is 5.91 Å². The number of amides is 1. The van der Waals surface area contributed by atoms with E-state index in [2.05, 4.69) is 18.3 Å². The molecule has 2 unspecified atom stereocenters. The van der Waals surface area contributed by atoms with Gasteiger partial charge in [0.05, 0.1) is 18.4 Å². The molecular formula is C14H19NO3S. The van der Waals surface area contributed by atoms with E-state index >= 15 is 0 Å². The second-order valence-electron chi connectivity index (χ2n) is 5.56. The van der Waals surface area contributed by atoms with Gasteiger partial charge in [-0.25, -0.2) is 0 Å². The van der Waals surface area contributed by atoms with Crippen molar-refractivity contribution in [2.45, 2.75) is 33.7 Å². The SMILES string of the molecule is CCc1ccsc1CNC(=O)C1C(C(=O)O)C1(C)C. The molecule has 4 nitrogen and oxygen atoms in total. The molecule has 0 aliphatic heterocycles. The highest BCUT2D eigenvalue weighted by atomic mass is 32.1. The van der Waals surface area contributed by atoms with E-state index in [1.54, 1.807) is 11.3 Å². The highest BCUT2D eigenvalue weighted by Gasteiger charge is 2.65. The fourth-order valence-electron chi connectivity index (χ4n) is 2.70. The van der Waals surface area contributed by atoms with Crippen molar-refractivity contribution in [1.82, 2.24) is 5.32 Å². The number of nitrogens with one attached hydrogen (secondary N) is 1. The number of carboxylic acid groups (broad SMARTS) is 1. The van der Waals surface area contributed by atoms with Gasteiger partial charge in [-0.05, 0) is 28.8 Å². The summed E-state index contributed by atoms with van der Waals surface area (Å²) in [4.78, 5) is 24.3. The number of hydrogen-bond acceptors (Lipinski definition) is 3. The normalized spacial score (nSPS) is 23.9. The summed E-state index contributed by atoms with van der Waals surface area (Å²) in [5.74, 6) is -1.99. The maximum Gasteiger partial charge on any atom is 0.307 e. The van der Waals surface area contributed by atoms with Crippen LogP contribution >= 0.6 is 11.3 Å². The summed E-state index contributed by atoms with van der Waals surface area (Å²) in [7, 11) is 0. The maximum atomic E-state index is 12.1. The van der Waals surface area contributed by atoms with Crippen molar-refractivity contribution < 1.29 is 14.7 Å². The minimum absolute atomic E-state index is 0.146. The van der Waals surface area contributed by atoms with Gasteiger partial charge in [0.15, 0.2) is 0 Å². The third kappa shape index (κ3) is 2.52. The molecule has 1 aliphatic rings. The molecule has 1 fully saturated rings. The number of carbonyl (C=O) groups excluding carboxylic acids is 1. The monoisotopic (exact) mass is 281 g/mol. The molecule has 0 spiro atoms. The molecule has 1 aromatic heterocycles. The predicted molar refractivity (Wildman–Crippen MR) is 73.9 cm³/mol. The van der Waals surface area contributed by atoms with Crippen LogP contribution in [0, 0.1) is 17.3 Å². The Morgan fingerprint density at radius 3 is 2.63 bits per heavy atom. The van der Waals surface area contributed by atoms with E-state index in [0.717, 1.165) is 11.3 Å². The van der Waals surface area contributed by atoms with E-state index in [1.807, 2.05) is 19.2 Å². The molecule has 104 valence electrons. The standard InChI is InChI=1S/C14H19NO3S/c1-4-8-5-6-19-9(8)7-15-12(16)10-11(13(17)18)14(10,2)3/h5-6,10-11H,4,7H2,1-3H3,(H,15,16)(H,17,18). The summed E-state index contributed by atoms with van der Waals surface area (Å²) in [5, 5.41) is 14.0. The van der Waals surface area contributed by atoms with Crippen molar-refractivity contribution in [1.29, 1.82) is 0 Å². The van der Waals surface area contributed by atoms with Gasteiger partial charge < -0.3 is 10.4 Å². The van der Waals surface area contributed by atoms with Crippen molar-refractivity contribution in [2.75, 3.05) is 0 Å². The van der Waals surface area contributed by atoms with E-state index < -0.39 is 23.2 Å². The first-order valence-corrected chi connectivity index (χ1v) is 7.33. The molecule has 0 bridgehead atoms. The Bertz CT molecular complexity index is 507. The van der Waals surface area contributed by atoms with E-state index in [4.69, 9.17) is 5.11 Å². The van der Waals surface area contributed by atoms with Gasteiger partial charge in [-0.3, -0.25) is 9.59 Å². The third-order valence-corrected chi connectivity index (χ3v) is 4.98. The molecule has 1 aromatic rings. The Balaban J connectivity index is 1.95. The lowest BCUT2D eigenvalue weighted by Gasteiger charge is -2.06. The summed E-state index contributed by atoms with van der Waals surface area (Å²) in [6, 6.07) is 2.06. The summed E-state index contributed by atoms with van der Waals surface area (Å²) < 4.78 is 0. The first kappa shape index (κ1) is 14.1. The number of aliphatic carboxylic acids is 1. The lowest BCUT2D eigenvalue weighted by molar-refractivity contribution is -0.140. The Morgan fingerprint density at radius 2 is 2.11 bits per heavy atom. The second kappa shape index (κ2) is 4.96. The minimum Gasteiger partial charge on any atom is -0.481 e. The molecule has 2 rings (SSSR count). The first-order valence-electron chi connectivity index (χ1n) is 6.45. The maximum absolute atomic E-state index is 12.1. The molecule has 1 saturated carbocycles. The second-order valence-corrected chi connectivity index (χ2v) is 6.56. The Kier molecular flexibility index (Phi) is 3.67. The van der Waals surface area contributed by atoms with Crippen LogP contribution in [0.25, 0.3) is 0 Å². The third-order valence-electron chi connectivity index (χ3n) is 4.02. The first-order chi connectivity index (χ1) is 8.89. The number of rotatable bonds is 5. The topological polar surface area (TPSA) is 66.4 Å². The van der Waals surface area contributed by atoms with Gasteiger partial charge in [-0.2, -0.15) is 0 Å². The van der Waals surface area contributed by atoms with Crippen molar-refractivity contribution in [2.24, 2.45) is 17.3 Å². The number of carboxylic acids is 1. The zero-order valence-corrected chi connectivity index (χ0v) is 12.2. The van der Waals surface area contributed by atoms with Crippen molar-refractivity contribution >= 4 is 23.2 Å². The molecular weight excluding hydrogens is 262 g/mol. The van der Waals surface area contributed by atoms with Gasteiger partial charge in [0.2, 0.25) is 5.91 Å². The predicted octanol–water partition coefficient (Wildman–Crippen LogP) is 2.28. The zero-order chi connectivity index (χ0) is 14.2. The number of thiophene rings is 1. The van der Waals surface area contributed by atoms with E-state index in [0.29, 0.717) is 6.54 Å². The molecule has 1 heterocycles. The molecule has 5 heteroatoms. The Hall–Kier alpha value is -1.36. The molecule has 0 radical (unpaired) electrons. The molecule has 2 atom stereocenters. The summed E-state index contributed by atoms with van der Waals surface area (Å²) >= 11 is 1.62. The van der Waals surface area contributed by atoms with Crippen molar-refractivity contribution in [3.8, 4) is 0 Å².